The minimum absolute atomic E-state index is 0.0676. The average Bonchev–Trinajstić information content (AvgIpc) is 3.32. The molecular weight excluding hydrogens is 324 g/mol. The number of fused-ring (bicyclic) bond motifs is 2. The van der Waals surface area contributed by atoms with Gasteiger partial charge in [-0.15, -0.1) is 0 Å². The monoisotopic (exact) mass is 349 g/mol. The highest BCUT2D eigenvalue weighted by Gasteiger charge is 2.52. The molecule has 0 N–H and O–H groups in total. The van der Waals surface area contributed by atoms with Crippen LogP contribution in [0.25, 0.3) is 0 Å². The van der Waals surface area contributed by atoms with Crippen LogP contribution < -0.4 is 0 Å². The van der Waals surface area contributed by atoms with E-state index in [4.69, 9.17) is 4.74 Å². The van der Waals surface area contributed by atoms with Crippen molar-refractivity contribution in [3.8, 4) is 0 Å². The number of carbonyl (C=O) groups is 1. The summed E-state index contributed by atoms with van der Waals surface area (Å²) in [5.74, 6) is 0.0571. The lowest BCUT2D eigenvalue weighted by Gasteiger charge is -2.44. The molecule has 136 valence electrons. The molecule has 1 aromatic carbocycles. The number of alkyl halides is 1. The molecule has 2 bridgehead atoms. The topological polar surface area (TPSA) is 29.5 Å². The summed E-state index contributed by atoms with van der Waals surface area (Å²) >= 11 is 0. The highest BCUT2D eigenvalue weighted by Crippen LogP contribution is 2.50. The van der Waals surface area contributed by atoms with Crippen LogP contribution in [0, 0.1) is 23.6 Å². The minimum Gasteiger partial charge on any atom is -0.469 e. The van der Waals surface area contributed by atoms with Crippen LogP contribution in [0.1, 0.15) is 37.2 Å². The van der Waals surface area contributed by atoms with Crippen molar-refractivity contribution in [3.63, 3.8) is 0 Å². The average molecular weight is 349 g/mol. The minimum atomic E-state index is -0.259. The first-order valence-corrected chi connectivity index (χ1v) is 9.27. The SMILES string of the molecule is COC(=O)[C@H]1[C@@H](c2ccc(F)cc2)C[C@@H]2CC[C@H]1N2C[C@@H]1C[C@H]1CF. The Morgan fingerprint density at radius 1 is 1.20 bits per heavy atom. The predicted octanol–water partition coefficient (Wildman–Crippen LogP) is 3.54. The van der Waals surface area contributed by atoms with Gasteiger partial charge < -0.3 is 4.74 Å². The summed E-state index contributed by atoms with van der Waals surface area (Å²) < 4.78 is 31.3. The van der Waals surface area contributed by atoms with Gasteiger partial charge in [-0.2, -0.15) is 0 Å². The number of carbonyl (C=O) groups excluding carboxylic acids is 1. The Balaban J connectivity index is 1.58. The number of nitrogens with zero attached hydrogens (tertiary/aromatic N) is 1. The summed E-state index contributed by atoms with van der Waals surface area (Å²) in [6.07, 6.45) is 3.91. The van der Waals surface area contributed by atoms with Crippen molar-refractivity contribution in [2.75, 3.05) is 20.3 Å². The molecule has 2 saturated heterocycles. The van der Waals surface area contributed by atoms with Crippen LogP contribution in [0.4, 0.5) is 8.78 Å². The normalized spacial score (nSPS) is 37.1. The van der Waals surface area contributed by atoms with E-state index in [2.05, 4.69) is 4.90 Å². The standard InChI is InChI=1S/C20H25F2NO2/c1-25-20(24)19-17(12-2-4-15(22)5-3-12)9-16-6-7-18(19)23(16)11-14-8-13(14)10-21/h2-5,13-14,16-19H,6-11H2,1H3/t13-,14-,16-,17+,18+,19-/m0/s1. The summed E-state index contributed by atoms with van der Waals surface area (Å²) in [6, 6.07) is 7.11. The predicted molar refractivity (Wildman–Crippen MR) is 90.4 cm³/mol. The van der Waals surface area contributed by atoms with Gasteiger partial charge >= 0.3 is 5.97 Å². The molecule has 0 radical (unpaired) electrons. The molecule has 2 heterocycles. The Morgan fingerprint density at radius 3 is 2.60 bits per heavy atom. The van der Waals surface area contributed by atoms with Gasteiger partial charge in [0.05, 0.1) is 19.7 Å². The van der Waals surface area contributed by atoms with Crippen molar-refractivity contribution >= 4 is 5.97 Å². The van der Waals surface area contributed by atoms with Crippen LogP contribution in [-0.2, 0) is 9.53 Å². The van der Waals surface area contributed by atoms with Crippen molar-refractivity contribution < 1.29 is 18.3 Å². The van der Waals surface area contributed by atoms with E-state index in [-0.39, 0.29) is 42.3 Å². The molecule has 0 spiro atoms. The molecule has 0 unspecified atom stereocenters. The molecule has 1 saturated carbocycles. The van der Waals surface area contributed by atoms with Crippen LogP contribution >= 0.6 is 0 Å². The number of ether oxygens (including phenoxy) is 1. The summed E-state index contributed by atoms with van der Waals surface area (Å²) in [5, 5.41) is 0. The molecule has 1 aromatic rings. The maximum atomic E-state index is 13.3. The van der Waals surface area contributed by atoms with Gasteiger partial charge in [0.15, 0.2) is 0 Å². The first kappa shape index (κ1) is 17.0. The lowest BCUT2D eigenvalue weighted by molar-refractivity contribution is -0.150. The Labute approximate surface area is 147 Å². The quantitative estimate of drug-likeness (QED) is 0.762. The number of piperidine rings is 1. The van der Waals surface area contributed by atoms with Crippen molar-refractivity contribution in [1.29, 1.82) is 0 Å². The fourth-order valence-electron chi connectivity index (χ4n) is 5.10. The summed E-state index contributed by atoms with van der Waals surface area (Å²) in [5.41, 5.74) is 1.02. The van der Waals surface area contributed by atoms with E-state index >= 15 is 0 Å². The third-order valence-electron chi connectivity index (χ3n) is 6.55. The fourth-order valence-corrected chi connectivity index (χ4v) is 5.10. The van der Waals surface area contributed by atoms with Gasteiger partial charge in [0, 0.05) is 24.5 Å². The Hall–Kier alpha value is -1.49. The lowest BCUT2D eigenvalue weighted by atomic mass is 9.76. The zero-order valence-corrected chi connectivity index (χ0v) is 14.5. The molecule has 0 aromatic heterocycles. The number of hydrogen-bond acceptors (Lipinski definition) is 3. The fraction of sp³-hybridized carbons (Fsp3) is 0.650. The second kappa shape index (κ2) is 6.67. The molecule has 25 heavy (non-hydrogen) atoms. The van der Waals surface area contributed by atoms with Crippen molar-refractivity contribution in [2.24, 2.45) is 17.8 Å². The number of esters is 1. The second-order valence-electron chi connectivity index (χ2n) is 7.85. The van der Waals surface area contributed by atoms with Crippen molar-refractivity contribution in [3.05, 3.63) is 35.6 Å². The number of rotatable bonds is 5. The molecule has 6 atom stereocenters. The van der Waals surface area contributed by atoms with Crippen LogP contribution in [0.2, 0.25) is 0 Å². The molecule has 3 fully saturated rings. The molecular formula is C20H25F2NO2. The van der Waals surface area contributed by atoms with Crippen LogP contribution in [0.15, 0.2) is 24.3 Å². The van der Waals surface area contributed by atoms with E-state index in [9.17, 15) is 13.6 Å². The van der Waals surface area contributed by atoms with E-state index in [0.717, 1.165) is 37.8 Å². The van der Waals surface area contributed by atoms with E-state index in [1.165, 1.54) is 19.2 Å². The third-order valence-corrected chi connectivity index (χ3v) is 6.55. The van der Waals surface area contributed by atoms with E-state index in [1.807, 2.05) is 0 Å². The second-order valence-corrected chi connectivity index (χ2v) is 7.85. The Bertz CT molecular complexity index is 635. The zero-order valence-electron chi connectivity index (χ0n) is 14.5. The van der Waals surface area contributed by atoms with Gasteiger partial charge in [-0.3, -0.25) is 14.1 Å². The van der Waals surface area contributed by atoms with Gasteiger partial charge in [-0.1, -0.05) is 12.1 Å². The summed E-state index contributed by atoms with van der Waals surface area (Å²) in [6.45, 7) is 0.667. The molecule has 3 nitrogen and oxygen atoms in total. The zero-order chi connectivity index (χ0) is 17.6. The van der Waals surface area contributed by atoms with Gasteiger partial charge in [0.1, 0.15) is 5.82 Å². The van der Waals surface area contributed by atoms with E-state index in [1.54, 1.807) is 12.1 Å². The first-order valence-electron chi connectivity index (χ1n) is 9.27. The largest absolute Gasteiger partial charge is 0.469 e. The smallest absolute Gasteiger partial charge is 0.310 e. The molecule has 5 heteroatoms. The van der Waals surface area contributed by atoms with E-state index < -0.39 is 0 Å². The summed E-state index contributed by atoms with van der Waals surface area (Å²) in [7, 11) is 1.44. The number of halogens is 2. The number of benzene rings is 1. The highest BCUT2D eigenvalue weighted by atomic mass is 19.1. The van der Waals surface area contributed by atoms with Crippen LogP contribution in [0.5, 0.6) is 0 Å². The Kier molecular flexibility index (Phi) is 4.52. The summed E-state index contributed by atoms with van der Waals surface area (Å²) in [4.78, 5) is 15.0. The Morgan fingerprint density at radius 2 is 1.96 bits per heavy atom. The maximum absolute atomic E-state index is 13.3. The van der Waals surface area contributed by atoms with Crippen LogP contribution in [0.3, 0.4) is 0 Å². The van der Waals surface area contributed by atoms with Crippen molar-refractivity contribution in [2.45, 2.75) is 43.7 Å². The van der Waals surface area contributed by atoms with Gasteiger partial charge in [-0.25, -0.2) is 4.39 Å². The number of hydrogen-bond donors (Lipinski definition) is 0. The highest BCUT2D eigenvalue weighted by molar-refractivity contribution is 5.75. The third kappa shape index (κ3) is 3.07. The van der Waals surface area contributed by atoms with Gasteiger partial charge in [0.2, 0.25) is 0 Å². The van der Waals surface area contributed by atoms with Crippen LogP contribution in [-0.4, -0.2) is 43.3 Å². The molecule has 0 amide bonds. The van der Waals surface area contributed by atoms with Crippen molar-refractivity contribution in [1.82, 2.24) is 4.90 Å². The molecule has 4 rings (SSSR count). The number of methoxy groups -OCH3 is 1. The maximum Gasteiger partial charge on any atom is 0.310 e. The molecule has 1 aliphatic carbocycles. The lowest BCUT2D eigenvalue weighted by Crippen LogP contribution is -2.51. The van der Waals surface area contributed by atoms with Gasteiger partial charge in [-0.05, 0) is 55.2 Å². The molecule has 3 aliphatic rings. The van der Waals surface area contributed by atoms with E-state index in [0.29, 0.717) is 12.0 Å². The molecule has 2 aliphatic heterocycles. The van der Waals surface area contributed by atoms with Gasteiger partial charge in [0.25, 0.3) is 0 Å². The first-order chi connectivity index (χ1) is 12.1.